The number of aromatic nitrogens is 4. The lowest BCUT2D eigenvalue weighted by Gasteiger charge is -2.21. The molecule has 0 amide bonds. The van der Waals surface area contributed by atoms with E-state index in [0.29, 0.717) is 0 Å². The molecule has 0 fully saturated rings. The fourth-order valence-electron chi connectivity index (χ4n) is 3.36. The highest BCUT2D eigenvalue weighted by molar-refractivity contribution is 5.61. The molecule has 0 spiro atoms. The van der Waals surface area contributed by atoms with Crippen LogP contribution in [0.3, 0.4) is 0 Å². The van der Waals surface area contributed by atoms with Crippen molar-refractivity contribution in [3.05, 3.63) is 65.6 Å². The zero-order valence-corrected chi connectivity index (χ0v) is 15.6. The molecule has 2 aromatic heterocycles. The van der Waals surface area contributed by atoms with E-state index in [1.54, 1.807) is 0 Å². The Bertz CT molecular complexity index is 783. The molecule has 1 aromatic carbocycles. The molecule has 0 saturated heterocycles. The summed E-state index contributed by atoms with van der Waals surface area (Å²) in [6, 6.07) is 14.3. The number of hydrogen-bond acceptors (Lipinski definition) is 4. The predicted octanol–water partition coefficient (Wildman–Crippen LogP) is 5.22. The molecule has 0 aliphatic heterocycles. The summed E-state index contributed by atoms with van der Waals surface area (Å²) in [4.78, 5) is 3.40. The minimum Gasteiger partial charge on any atom is -0.364 e. The lowest BCUT2D eigenvalue weighted by atomic mass is 9.88. The van der Waals surface area contributed by atoms with Crippen molar-refractivity contribution in [2.45, 2.75) is 51.9 Å². The Balaban J connectivity index is 2.01. The molecule has 5 nitrogen and oxygen atoms in total. The smallest absolute Gasteiger partial charge is 0.160 e. The van der Waals surface area contributed by atoms with E-state index in [9.17, 15) is 0 Å². The summed E-state index contributed by atoms with van der Waals surface area (Å²) in [6.07, 6.45) is 7.50. The van der Waals surface area contributed by atoms with Crippen LogP contribution in [0.4, 0.5) is 11.5 Å². The van der Waals surface area contributed by atoms with Gasteiger partial charge in [0, 0.05) is 29.1 Å². The molecule has 0 bridgehead atoms. The lowest BCUT2D eigenvalue weighted by molar-refractivity contribution is 0.600. The first-order chi connectivity index (χ1) is 12.8. The number of benzene rings is 1. The summed E-state index contributed by atoms with van der Waals surface area (Å²) in [7, 11) is 0. The monoisotopic (exact) mass is 349 g/mol. The number of hydrogen-bond donors (Lipinski definition) is 2. The van der Waals surface area contributed by atoms with Crippen LogP contribution < -0.4 is 5.32 Å². The Kier molecular flexibility index (Phi) is 6.36. The fraction of sp³-hybridized carbons (Fsp3) is 0.381. The van der Waals surface area contributed by atoms with E-state index in [-0.39, 0.29) is 5.92 Å². The van der Waals surface area contributed by atoms with E-state index in [1.807, 2.05) is 36.5 Å². The molecule has 0 saturated carbocycles. The van der Waals surface area contributed by atoms with Crippen molar-refractivity contribution in [1.29, 1.82) is 0 Å². The Labute approximate surface area is 155 Å². The molecule has 3 rings (SSSR count). The Morgan fingerprint density at radius 2 is 1.85 bits per heavy atom. The summed E-state index contributed by atoms with van der Waals surface area (Å²) < 4.78 is 0. The molecule has 2 N–H and O–H groups in total. The van der Waals surface area contributed by atoms with Crippen molar-refractivity contribution in [1.82, 2.24) is 20.4 Å². The SMILES string of the molecule is CCCCCC(c1ccc[nH]1)c1c(CC)nnnc1Nc1ccccc1. The van der Waals surface area contributed by atoms with Crippen LogP contribution in [0.5, 0.6) is 0 Å². The Hall–Kier alpha value is -2.69. The van der Waals surface area contributed by atoms with Crippen LogP contribution >= 0.6 is 0 Å². The van der Waals surface area contributed by atoms with E-state index in [0.717, 1.165) is 35.6 Å². The second-order valence-electron chi connectivity index (χ2n) is 6.52. The highest BCUT2D eigenvalue weighted by Gasteiger charge is 2.24. The van der Waals surface area contributed by atoms with Crippen molar-refractivity contribution < 1.29 is 0 Å². The van der Waals surface area contributed by atoms with Gasteiger partial charge >= 0.3 is 0 Å². The normalized spacial score (nSPS) is 12.1. The summed E-state index contributed by atoms with van der Waals surface area (Å²) in [6.45, 7) is 4.36. The molecule has 0 aliphatic rings. The molecular weight excluding hydrogens is 322 g/mol. The van der Waals surface area contributed by atoms with Crippen LogP contribution in [0.15, 0.2) is 48.7 Å². The molecule has 0 aliphatic carbocycles. The van der Waals surface area contributed by atoms with Crippen molar-refractivity contribution in [2.75, 3.05) is 5.32 Å². The maximum Gasteiger partial charge on any atom is 0.160 e. The molecule has 1 atom stereocenters. The summed E-state index contributed by atoms with van der Waals surface area (Å²) in [5.74, 6) is 1.04. The van der Waals surface area contributed by atoms with Crippen LogP contribution in [0, 0.1) is 0 Å². The van der Waals surface area contributed by atoms with Gasteiger partial charge in [0.25, 0.3) is 0 Å². The third-order valence-electron chi connectivity index (χ3n) is 4.69. The molecule has 26 heavy (non-hydrogen) atoms. The molecule has 2 heterocycles. The second kappa shape index (κ2) is 9.13. The number of unbranched alkanes of at least 4 members (excludes halogenated alkanes) is 2. The Morgan fingerprint density at radius 3 is 2.54 bits per heavy atom. The van der Waals surface area contributed by atoms with Gasteiger partial charge in [-0.2, -0.15) is 0 Å². The van der Waals surface area contributed by atoms with E-state index in [1.165, 1.54) is 25.0 Å². The van der Waals surface area contributed by atoms with Crippen LogP contribution in [-0.4, -0.2) is 20.4 Å². The van der Waals surface area contributed by atoms with E-state index >= 15 is 0 Å². The van der Waals surface area contributed by atoms with Crippen LogP contribution in [0.1, 0.15) is 62.4 Å². The highest BCUT2D eigenvalue weighted by atomic mass is 15.3. The van der Waals surface area contributed by atoms with Crippen LogP contribution in [-0.2, 0) is 6.42 Å². The van der Waals surface area contributed by atoms with Gasteiger partial charge in [-0.15, -0.1) is 10.2 Å². The fourth-order valence-corrected chi connectivity index (χ4v) is 3.36. The lowest BCUT2D eigenvalue weighted by Crippen LogP contribution is -2.13. The largest absolute Gasteiger partial charge is 0.364 e. The summed E-state index contributed by atoms with van der Waals surface area (Å²) >= 11 is 0. The van der Waals surface area contributed by atoms with Crippen LogP contribution in [0.25, 0.3) is 0 Å². The van der Waals surface area contributed by atoms with E-state index in [4.69, 9.17) is 0 Å². The van der Waals surface area contributed by atoms with Crippen molar-refractivity contribution in [2.24, 2.45) is 0 Å². The van der Waals surface area contributed by atoms with Gasteiger partial charge in [-0.05, 0) is 42.3 Å². The van der Waals surface area contributed by atoms with Crippen molar-refractivity contribution in [3.63, 3.8) is 0 Å². The standard InChI is InChI=1S/C21H27N5/c1-3-5-7-13-17(19-14-10-15-22-19)20-18(4-2)24-26-25-21(20)23-16-11-8-6-9-12-16/h6,8-12,14-15,17,22H,3-5,7,13H2,1-2H3,(H,23,24,25). The highest BCUT2D eigenvalue weighted by Crippen LogP contribution is 2.35. The molecule has 3 aromatic rings. The molecule has 0 radical (unpaired) electrons. The third-order valence-corrected chi connectivity index (χ3v) is 4.69. The molecule has 1 unspecified atom stereocenters. The van der Waals surface area contributed by atoms with Gasteiger partial charge in [0.15, 0.2) is 5.82 Å². The Morgan fingerprint density at radius 1 is 1.00 bits per heavy atom. The average Bonchev–Trinajstić information content (AvgIpc) is 3.21. The van der Waals surface area contributed by atoms with E-state index < -0.39 is 0 Å². The van der Waals surface area contributed by atoms with E-state index in [2.05, 4.69) is 51.7 Å². The topological polar surface area (TPSA) is 66.5 Å². The summed E-state index contributed by atoms with van der Waals surface area (Å²) in [5, 5.41) is 16.2. The zero-order valence-electron chi connectivity index (χ0n) is 15.6. The van der Waals surface area contributed by atoms with Gasteiger partial charge < -0.3 is 10.3 Å². The minimum atomic E-state index is 0.237. The first kappa shape index (κ1) is 18.1. The zero-order chi connectivity index (χ0) is 18.2. The molecular formula is C21H27N5. The van der Waals surface area contributed by atoms with Gasteiger partial charge in [0.05, 0.1) is 5.69 Å². The first-order valence-electron chi connectivity index (χ1n) is 9.51. The number of H-pyrrole nitrogens is 1. The maximum absolute atomic E-state index is 4.36. The van der Waals surface area contributed by atoms with Crippen molar-refractivity contribution in [3.8, 4) is 0 Å². The number of nitrogens with one attached hydrogen (secondary N) is 2. The van der Waals surface area contributed by atoms with Gasteiger partial charge in [-0.3, -0.25) is 0 Å². The van der Waals surface area contributed by atoms with Crippen LogP contribution in [0.2, 0.25) is 0 Å². The first-order valence-corrected chi connectivity index (χ1v) is 9.51. The van der Waals surface area contributed by atoms with Gasteiger partial charge in [-0.1, -0.05) is 51.3 Å². The molecule has 136 valence electrons. The number of aromatic amines is 1. The van der Waals surface area contributed by atoms with Crippen molar-refractivity contribution >= 4 is 11.5 Å². The number of aryl methyl sites for hydroxylation is 1. The number of para-hydroxylation sites is 1. The van der Waals surface area contributed by atoms with Gasteiger partial charge in [-0.25, -0.2) is 0 Å². The number of rotatable bonds is 9. The quantitative estimate of drug-likeness (QED) is 0.520. The molecule has 5 heteroatoms. The second-order valence-corrected chi connectivity index (χ2v) is 6.52. The maximum atomic E-state index is 4.36. The minimum absolute atomic E-state index is 0.237. The van der Waals surface area contributed by atoms with Gasteiger partial charge in [0.1, 0.15) is 0 Å². The summed E-state index contributed by atoms with van der Waals surface area (Å²) in [5.41, 5.74) is 4.39. The number of anilines is 2. The number of nitrogens with zero attached hydrogens (tertiary/aromatic N) is 3. The average molecular weight is 349 g/mol. The predicted molar refractivity (Wildman–Crippen MR) is 106 cm³/mol. The van der Waals surface area contributed by atoms with Gasteiger partial charge in [0.2, 0.25) is 0 Å². The third kappa shape index (κ3) is 4.28.